The molecule has 0 bridgehead atoms. The lowest BCUT2D eigenvalue weighted by Crippen LogP contribution is -2.55. The van der Waals surface area contributed by atoms with E-state index in [1.807, 2.05) is 26.0 Å². The molecule has 0 radical (unpaired) electrons. The van der Waals surface area contributed by atoms with Crippen molar-refractivity contribution in [3.8, 4) is 0 Å². The highest BCUT2D eigenvalue weighted by molar-refractivity contribution is 14.1. The van der Waals surface area contributed by atoms with E-state index in [-0.39, 0.29) is 12.1 Å². The lowest BCUT2D eigenvalue weighted by atomic mass is 10.2. The first-order chi connectivity index (χ1) is 8.39. The highest BCUT2D eigenvalue weighted by atomic mass is 127. The maximum absolute atomic E-state index is 12.5. The second kappa shape index (κ2) is 5.44. The van der Waals surface area contributed by atoms with Crippen molar-refractivity contribution in [3.05, 3.63) is 27.8 Å². The summed E-state index contributed by atoms with van der Waals surface area (Å²) in [5.41, 5.74) is 0. The molecular weight excluding hydrogens is 363 g/mol. The molecule has 0 amide bonds. The third kappa shape index (κ3) is 3.04. The molecule has 4 nitrogen and oxygen atoms in total. The fraction of sp³-hybridized carbons (Fsp3) is 0.500. The Morgan fingerprint density at radius 2 is 1.67 bits per heavy atom. The Morgan fingerprint density at radius 3 is 2.17 bits per heavy atom. The average molecular weight is 380 g/mol. The van der Waals surface area contributed by atoms with Crippen LogP contribution in [0.5, 0.6) is 0 Å². The summed E-state index contributed by atoms with van der Waals surface area (Å²) < 4.78 is 27.6. The molecule has 1 fully saturated rings. The zero-order valence-corrected chi connectivity index (χ0v) is 13.4. The smallest absolute Gasteiger partial charge is 0.243 e. The molecule has 6 heteroatoms. The molecule has 1 aliphatic rings. The summed E-state index contributed by atoms with van der Waals surface area (Å²) in [4.78, 5) is 0.379. The van der Waals surface area contributed by atoms with Crippen molar-refractivity contribution >= 4 is 32.6 Å². The molecule has 2 atom stereocenters. The molecule has 1 aromatic rings. The van der Waals surface area contributed by atoms with Gasteiger partial charge in [-0.25, -0.2) is 8.42 Å². The third-order valence-corrected chi connectivity index (χ3v) is 5.54. The molecule has 0 aromatic heterocycles. The van der Waals surface area contributed by atoms with Gasteiger partial charge in [-0.05, 0) is 60.7 Å². The molecule has 0 aliphatic carbocycles. The van der Waals surface area contributed by atoms with Crippen molar-refractivity contribution in [1.82, 2.24) is 9.62 Å². The van der Waals surface area contributed by atoms with Gasteiger partial charge in [-0.1, -0.05) is 0 Å². The van der Waals surface area contributed by atoms with Gasteiger partial charge in [-0.15, -0.1) is 0 Å². The highest BCUT2D eigenvalue weighted by Crippen LogP contribution is 2.19. The average Bonchev–Trinajstić information content (AvgIpc) is 2.28. The molecule has 1 N–H and O–H groups in total. The monoisotopic (exact) mass is 380 g/mol. The summed E-state index contributed by atoms with van der Waals surface area (Å²) in [5, 5.41) is 3.33. The van der Waals surface area contributed by atoms with Crippen LogP contribution in [0.4, 0.5) is 0 Å². The van der Waals surface area contributed by atoms with Crippen LogP contribution in [0.1, 0.15) is 13.8 Å². The number of piperazine rings is 1. The molecule has 1 aromatic carbocycles. The predicted molar refractivity (Wildman–Crippen MR) is 80.0 cm³/mol. The first-order valence-electron chi connectivity index (χ1n) is 5.91. The number of halogens is 1. The molecule has 100 valence electrons. The van der Waals surface area contributed by atoms with Crippen LogP contribution in [0.3, 0.4) is 0 Å². The molecular formula is C12H17IN2O2S. The van der Waals surface area contributed by atoms with Gasteiger partial charge in [0, 0.05) is 28.7 Å². The number of benzene rings is 1. The van der Waals surface area contributed by atoms with E-state index in [2.05, 4.69) is 27.9 Å². The molecule has 1 heterocycles. The van der Waals surface area contributed by atoms with Gasteiger partial charge in [0.1, 0.15) is 0 Å². The lowest BCUT2D eigenvalue weighted by molar-refractivity contribution is 0.263. The Hall–Kier alpha value is -0.180. The van der Waals surface area contributed by atoms with Crippen molar-refractivity contribution in [1.29, 1.82) is 0 Å². The van der Waals surface area contributed by atoms with Crippen LogP contribution in [0.15, 0.2) is 29.2 Å². The minimum absolute atomic E-state index is 0.187. The van der Waals surface area contributed by atoms with E-state index in [4.69, 9.17) is 0 Å². The normalized spacial score (nSPS) is 26.2. The van der Waals surface area contributed by atoms with Crippen molar-refractivity contribution in [2.24, 2.45) is 0 Å². The van der Waals surface area contributed by atoms with Crippen LogP contribution < -0.4 is 5.32 Å². The summed E-state index contributed by atoms with van der Waals surface area (Å²) >= 11 is 2.17. The van der Waals surface area contributed by atoms with Crippen LogP contribution in [-0.4, -0.2) is 37.9 Å². The minimum Gasteiger partial charge on any atom is -0.309 e. The number of hydrogen-bond acceptors (Lipinski definition) is 3. The first kappa shape index (κ1) is 14.2. The van der Waals surface area contributed by atoms with Gasteiger partial charge in [-0.2, -0.15) is 4.31 Å². The predicted octanol–water partition coefficient (Wildman–Crippen LogP) is 1.66. The Bertz CT molecular complexity index is 505. The highest BCUT2D eigenvalue weighted by Gasteiger charge is 2.31. The fourth-order valence-corrected chi connectivity index (χ4v) is 4.21. The van der Waals surface area contributed by atoms with E-state index < -0.39 is 10.0 Å². The SMILES string of the molecule is CC1CN(S(=O)(=O)c2ccc(I)cc2)CC(C)N1. The van der Waals surface area contributed by atoms with Crippen molar-refractivity contribution in [3.63, 3.8) is 0 Å². The zero-order valence-electron chi connectivity index (χ0n) is 10.4. The molecule has 2 rings (SSSR count). The van der Waals surface area contributed by atoms with Gasteiger partial charge in [-0.3, -0.25) is 0 Å². The number of sulfonamides is 1. The van der Waals surface area contributed by atoms with E-state index in [9.17, 15) is 8.42 Å². The quantitative estimate of drug-likeness (QED) is 0.795. The summed E-state index contributed by atoms with van der Waals surface area (Å²) in [6.45, 7) is 5.07. The number of nitrogens with zero attached hydrogens (tertiary/aromatic N) is 1. The Morgan fingerprint density at radius 1 is 1.17 bits per heavy atom. The van der Waals surface area contributed by atoms with Gasteiger partial charge in [0.05, 0.1) is 4.90 Å². The maximum Gasteiger partial charge on any atom is 0.243 e. The fourth-order valence-electron chi connectivity index (χ4n) is 2.23. The van der Waals surface area contributed by atoms with E-state index in [1.165, 1.54) is 0 Å². The minimum atomic E-state index is -3.35. The van der Waals surface area contributed by atoms with Crippen LogP contribution in [0.25, 0.3) is 0 Å². The molecule has 1 aliphatic heterocycles. The van der Waals surface area contributed by atoms with Crippen molar-refractivity contribution < 1.29 is 8.42 Å². The van der Waals surface area contributed by atoms with E-state index >= 15 is 0 Å². The Balaban J connectivity index is 2.28. The van der Waals surface area contributed by atoms with Gasteiger partial charge in [0.15, 0.2) is 0 Å². The number of nitrogens with one attached hydrogen (secondary N) is 1. The molecule has 0 saturated carbocycles. The van der Waals surface area contributed by atoms with Gasteiger partial charge in [0.2, 0.25) is 10.0 Å². The van der Waals surface area contributed by atoms with Crippen molar-refractivity contribution in [2.75, 3.05) is 13.1 Å². The van der Waals surface area contributed by atoms with Crippen LogP contribution in [-0.2, 0) is 10.0 Å². The summed E-state index contributed by atoms with van der Waals surface area (Å²) in [5.74, 6) is 0. The summed E-state index contributed by atoms with van der Waals surface area (Å²) in [7, 11) is -3.35. The van der Waals surface area contributed by atoms with Crippen molar-refractivity contribution in [2.45, 2.75) is 30.8 Å². The second-order valence-corrected chi connectivity index (χ2v) is 7.93. The molecule has 0 spiro atoms. The lowest BCUT2D eigenvalue weighted by Gasteiger charge is -2.35. The Labute approximate surface area is 122 Å². The molecule has 1 saturated heterocycles. The zero-order chi connectivity index (χ0) is 13.3. The van der Waals surface area contributed by atoms with Crippen LogP contribution in [0.2, 0.25) is 0 Å². The third-order valence-electron chi connectivity index (χ3n) is 2.98. The molecule has 18 heavy (non-hydrogen) atoms. The standard InChI is InChI=1S/C12H17IN2O2S/c1-9-7-15(8-10(2)14-9)18(16,17)12-5-3-11(13)4-6-12/h3-6,9-10,14H,7-8H2,1-2H3. The second-order valence-electron chi connectivity index (χ2n) is 4.74. The number of rotatable bonds is 2. The summed E-state index contributed by atoms with van der Waals surface area (Å²) in [6, 6.07) is 7.37. The van der Waals surface area contributed by atoms with Crippen LogP contribution in [0, 0.1) is 3.57 Å². The van der Waals surface area contributed by atoms with Gasteiger partial charge in [0.25, 0.3) is 0 Å². The number of hydrogen-bond donors (Lipinski definition) is 1. The van der Waals surface area contributed by atoms with Gasteiger partial charge < -0.3 is 5.32 Å². The Kier molecular flexibility index (Phi) is 4.30. The van der Waals surface area contributed by atoms with Gasteiger partial charge >= 0.3 is 0 Å². The topological polar surface area (TPSA) is 49.4 Å². The van der Waals surface area contributed by atoms with Crippen LogP contribution >= 0.6 is 22.6 Å². The van der Waals surface area contributed by atoms with E-state index in [1.54, 1.807) is 16.4 Å². The first-order valence-corrected chi connectivity index (χ1v) is 8.43. The van der Waals surface area contributed by atoms with E-state index in [0.717, 1.165) is 3.57 Å². The van der Waals surface area contributed by atoms with E-state index in [0.29, 0.717) is 18.0 Å². The molecule has 2 unspecified atom stereocenters. The largest absolute Gasteiger partial charge is 0.309 e. The summed E-state index contributed by atoms with van der Waals surface area (Å²) in [6.07, 6.45) is 0. The maximum atomic E-state index is 12.5.